The van der Waals surface area contributed by atoms with E-state index in [0.29, 0.717) is 0 Å². The fourth-order valence-electron chi connectivity index (χ4n) is 1.97. The van der Waals surface area contributed by atoms with Crippen molar-refractivity contribution in [2.45, 2.75) is 18.6 Å². The molecule has 92 valence electrons. The Hall–Kier alpha value is -1.23. The van der Waals surface area contributed by atoms with Crippen molar-refractivity contribution in [3.8, 4) is 0 Å². The summed E-state index contributed by atoms with van der Waals surface area (Å²) in [5, 5.41) is 8.93. The highest BCUT2D eigenvalue weighted by Crippen LogP contribution is 2.32. The molecule has 0 amide bonds. The van der Waals surface area contributed by atoms with Gasteiger partial charge < -0.3 is 10.0 Å². The minimum atomic E-state index is -0.975. The van der Waals surface area contributed by atoms with Crippen LogP contribution in [-0.2, 0) is 0 Å². The van der Waals surface area contributed by atoms with Gasteiger partial charge in [0.2, 0.25) is 0 Å². The summed E-state index contributed by atoms with van der Waals surface area (Å²) in [7, 11) is 0. The predicted molar refractivity (Wildman–Crippen MR) is 69.9 cm³/mol. The molecular weight excluding hydrogens is 236 g/mol. The smallest absolute Gasteiger partial charge is 0.354 e. The minimum absolute atomic E-state index is 0.110. The second-order valence-electron chi connectivity index (χ2n) is 4.73. The molecule has 2 rings (SSSR count). The van der Waals surface area contributed by atoms with Crippen LogP contribution in [0.1, 0.15) is 24.3 Å². The normalized spacial score (nSPS) is 19.1. The number of pyridine rings is 1. The Morgan fingerprint density at radius 2 is 2.35 bits per heavy atom. The first kappa shape index (κ1) is 12.2. The van der Waals surface area contributed by atoms with E-state index < -0.39 is 5.97 Å². The third-order valence-corrected chi connectivity index (χ3v) is 4.05. The lowest BCUT2D eigenvalue weighted by molar-refractivity contribution is 0.0690. The predicted octanol–water partition coefficient (Wildman–Crippen LogP) is 2.11. The van der Waals surface area contributed by atoms with Gasteiger partial charge in [0.25, 0.3) is 0 Å². The largest absolute Gasteiger partial charge is 0.477 e. The van der Waals surface area contributed by atoms with Crippen LogP contribution in [0.5, 0.6) is 0 Å². The number of rotatable bonds is 2. The Kier molecular flexibility index (Phi) is 3.28. The van der Waals surface area contributed by atoms with E-state index >= 15 is 0 Å². The number of aromatic nitrogens is 1. The maximum absolute atomic E-state index is 10.9. The van der Waals surface area contributed by atoms with Crippen LogP contribution in [0.2, 0.25) is 0 Å². The van der Waals surface area contributed by atoms with Crippen molar-refractivity contribution in [3.05, 3.63) is 24.0 Å². The van der Waals surface area contributed by atoms with E-state index in [1.807, 2.05) is 17.8 Å². The fourth-order valence-corrected chi connectivity index (χ4v) is 3.08. The van der Waals surface area contributed by atoms with E-state index in [2.05, 4.69) is 23.7 Å². The van der Waals surface area contributed by atoms with Crippen molar-refractivity contribution in [2.75, 3.05) is 23.7 Å². The van der Waals surface area contributed by atoms with Crippen LogP contribution >= 0.6 is 11.8 Å². The molecule has 1 fully saturated rings. The average Bonchev–Trinajstić information content (AvgIpc) is 2.28. The second kappa shape index (κ2) is 4.56. The molecule has 0 aliphatic carbocycles. The molecule has 1 aromatic heterocycles. The van der Waals surface area contributed by atoms with Crippen molar-refractivity contribution < 1.29 is 9.90 Å². The zero-order valence-electron chi connectivity index (χ0n) is 10.0. The van der Waals surface area contributed by atoms with Crippen LogP contribution in [0.15, 0.2) is 18.3 Å². The van der Waals surface area contributed by atoms with Crippen molar-refractivity contribution in [3.63, 3.8) is 0 Å². The van der Waals surface area contributed by atoms with Crippen LogP contribution in [0, 0.1) is 0 Å². The highest BCUT2D eigenvalue weighted by atomic mass is 32.2. The summed E-state index contributed by atoms with van der Waals surface area (Å²) >= 11 is 1.96. The number of hydrogen-bond acceptors (Lipinski definition) is 4. The molecule has 0 atom stereocenters. The topological polar surface area (TPSA) is 53.4 Å². The van der Waals surface area contributed by atoms with Crippen molar-refractivity contribution in [1.29, 1.82) is 0 Å². The van der Waals surface area contributed by atoms with Crippen LogP contribution < -0.4 is 4.90 Å². The lowest BCUT2D eigenvalue weighted by atomic mass is 10.1. The third kappa shape index (κ3) is 2.91. The summed E-state index contributed by atoms with van der Waals surface area (Å²) in [5.41, 5.74) is 1.06. The van der Waals surface area contributed by atoms with Crippen LogP contribution in [0.4, 0.5) is 5.69 Å². The second-order valence-corrected chi connectivity index (χ2v) is 6.54. The Balaban J connectivity index is 2.22. The molecule has 0 saturated carbocycles. The molecule has 1 aliphatic heterocycles. The number of carbonyl (C=O) groups is 1. The van der Waals surface area contributed by atoms with Gasteiger partial charge in [0.15, 0.2) is 0 Å². The highest BCUT2D eigenvalue weighted by molar-refractivity contribution is 8.00. The molecule has 1 aromatic rings. The Labute approximate surface area is 105 Å². The van der Waals surface area contributed by atoms with Gasteiger partial charge in [0.05, 0.1) is 0 Å². The van der Waals surface area contributed by atoms with E-state index in [1.165, 1.54) is 0 Å². The van der Waals surface area contributed by atoms with Crippen LogP contribution in [0.25, 0.3) is 0 Å². The summed E-state index contributed by atoms with van der Waals surface area (Å²) in [5.74, 6) is 0.0926. The number of anilines is 1. The van der Waals surface area contributed by atoms with E-state index in [9.17, 15) is 4.79 Å². The molecule has 1 aliphatic rings. The number of thioether (sulfide) groups is 1. The van der Waals surface area contributed by atoms with Gasteiger partial charge in [-0.05, 0) is 26.0 Å². The molecule has 4 nitrogen and oxygen atoms in total. The molecular formula is C12H16N2O2S. The van der Waals surface area contributed by atoms with Gasteiger partial charge in [-0.1, -0.05) is 0 Å². The van der Waals surface area contributed by atoms with E-state index in [4.69, 9.17) is 5.11 Å². The molecule has 0 spiro atoms. The average molecular weight is 252 g/mol. The van der Waals surface area contributed by atoms with Crippen LogP contribution in [-0.4, -0.2) is 39.6 Å². The zero-order valence-corrected chi connectivity index (χ0v) is 10.8. The minimum Gasteiger partial charge on any atom is -0.477 e. The summed E-state index contributed by atoms with van der Waals surface area (Å²) < 4.78 is 0.213. The lowest BCUT2D eigenvalue weighted by Crippen LogP contribution is -2.43. The van der Waals surface area contributed by atoms with Crippen LogP contribution in [0.3, 0.4) is 0 Å². The maximum Gasteiger partial charge on any atom is 0.354 e. The molecule has 17 heavy (non-hydrogen) atoms. The number of aromatic carboxylic acids is 1. The van der Waals surface area contributed by atoms with Gasteiger partial charge >= 0.3 is 5.97 Å². The molecule has 0 radical (unpaired) electrons. The van der Waals surface area contributed by atoms with Gasteiger partial charge in [-0.25, -0.2) is 9.78 Å². The SMILES string of the molecule is CC1(C)CN(c2ccnc(C(=O)O)c2)CCS1. The summed E-state index contributed by atoms with van der Waals surface area (Å²) in [6.45, 7) is 6.31. The highest BCUT2D eigenvalue weighted by Gasteiger charge is 2.27. The van der Waals surface area contributed by atoms with Gasteiger partial charge in [-0.15, -0.1) is 0 Å². The number of carboxylic acids is 1. The first-order valence-corrected chi connectivity index (χ1v) is 6.55. The monoisotopic (exact) mass is 252 g/mol. The van der Waals surface area contributed by atoms with Gasteiger partial charge in [0.1, 0.15) is 5.69 Å². The molecule has 1 saturated heterocycles. The molecule has 5 heteroatoms. The standard InChI is InChI=1S/C12H16N2O2S/c1-12(2)8-14(5-6-17-12)9-3-4-13-10(7-9)11(15)16/h3-4,7H,5-6,8H2,1-2H3,(H,15,16). The summed E-state index contributed by atoms with van der Waals surface area (Å²) in [4.78, 5) is 16.9. The van der Waals surface area contributed by atoms with Gasteiger partial charge in [-0.2, -0.15) is 11.8 Å². The molecule has 0 bridgehead atoms. The zero-order chi connectivity index (χ0) is 12.5. The maximum atomic E-state index is 10.9. The summed E-state index contributed by atoms with van der Waals surface area (Å²) in [6, 6.07) is 3.52. The first-order chi connectivity index (χ1) is 7.98. The van der Waals surface area contributed by atoms with E-state index in [-0.39, 0.29) is 10.4 Å². The van der Waals surface area contributed by atoms with Crippen molar-refractivity contribution in [2.24, 2.45) is 0 Å². The molecule has 0 aromatic carbocycles. The quantitative estimate of drug-likeness (QED) is 0.873. The Bertz CT molecular complexity index is 434. The molecule has 0 unspecified atom stereocenters. The fraction of sp³-hybridized carbons (Fsp3) is 0.500. The first-order valence-electron chi connectivity index (χ1n) is 5.56. The molecule has 1 N–H and O–H groups in total. The lowest BCUT2D eigenvalue weighted by Gasteiger charge is -2.38. The van der Waals surface area contributed by atoms with Gasteiger partial charge in [0, 0.05) is 35.5 Å². The van der Waals surface area contributed by atoms with E-state index in [1.54, 1.807) is 12.3 Å². The van der Waals surface area contributed by atoms with Crippen molar-refractivity contribution >= 4 is 23.4 Å². The third-order valence-electron chi connectivity index (χ3n) is 2.75. The Morgan fingerprint density at radius 3 is 3.00 bits per heavy atom. The number of nitrogens with zero attached hydrogens (tertiary/aromatic N) is 2. The Morgan fingerprint density at radius 1 is 1.59 bits per heavy atom. The van der Waals surface area contributed by atoms with Crippen molar-refractivity contribution in [1.82, 2.24) is 4.98 Å². The number of carboxylic acid groups (broad SMARTS) is 1. The number of hydrogen-bond donors (Lipinski definition) is 1. The molecule has 2 heterocycles. The van der Waals surface area contributed by atoms with Gasteiger partial charge in [-0.3, -0.25) is 0 Å². The summed E-state index contributed by atoms with van der Waals surface area (Å²) in [6.07, 6.45) is 1.56. The van der Waals surface area contributed by atoms with E-state index in [0.717, 1.165) is 24.5 Å².